The Morgan fingerprint density at radius 2 is 2.00 bits per heavy atom. The number of nitrogens with two attached hydrogens (primary N) is 1. The molecule has 0 amide bonds. The molecule has 0 saturated carbocycles. The van der Waals surface area contributed by atoms with Crippen LogP contribution in [0.15, 0.2) is 18.2 Å². The van der Waals surface area contributed by atoms with Gasteiger partial charge >= 0.3 is 0 Å². The average Bonchev–Trinajstić information content (AvgIpc) is 2.36. The Morgan fingerprint density at radius 1 is 1.40 bits per heavy atom. The van der Waals surface area contributed by atoms with Crippen LogP contribution in [0.25, 0.3) is 0 Å². The van der Waals surface area contributed by atoms with Gasteiger partial charge in [0.25, 0.3) is 0 Å². The van der Waals surface area contributed by atoms with E-state index in [9.17, 15) is 0 Å². The standard InChI is InChI=1S/C16H26N2OS/c1-11(16(2,3)4)18(5)10-12-7-8-14(19-6)13(9-12)15(17)20/h7-9,11H,10H2,1-6H3,(H2,17,20). The molecule has 1 unspecified atom stereocenters. The van der Waals surface area contributed by atoms with E-state index in [2.05, 4.69) is 45.7 Å². The summed E-state index contributed by atoms with van der Waals surface area (Å²) in [7, 11) is 3.77. The summed E-state index contributed by atoms with van der Waals surface area (Å²) in [5.41, 5.74) is 7.99. The van der Waals surface area contributed by atoms with Gasteiger partial charge in [-0.15, -0.1) is 0 Å². The number of thiocarbonyl (C=S) groups is 1. The lowest BCUT2D eigenvalue weighted by molar-refractivity contribution is 0.134. The van der Waals surface area contributed by atoms with Crippen LogP contribution in [-0.4, -0.2) is 30.1 Å². The van der Waals surface area contributed by atoms with Crippen LogP contribution in [0.3, 0.4) is 0 Å². The van der Waals surface area contributed by atoms with Gasteiger partial charge in [-0.05, 0) is 37.1 Å². The summed E-state index contributed by atoms with van der Waals surface area (Å²) in [6, 6.07) is 6.48. The first-order valence-corrected chi connectivity index (χ1v) is 7.24. The predicted octanol–water partition coefficient (Wildman–Crippen LogP) is 3.20. The number of benzene rings is 1. The first-order valence-electron chi connectivity index (χ1n) is 6.83. The van der Waals surface area contributed by atoms with Gasteiger partial charge in [0.2, 0.25) is 0 Å². The van der Waals surface area contributed by atoms with Crippen LogP contribution in [0.2, 0.25) is 0 Å². The Balaban J connectivity index is 2.94. The van der Waals surface area contributed by atoms with Crippen molar-refractivity contribution in [3.05, 3.63) is 29.3 Å². The number of rotatable bonds is 5. The van der Waals surface area contributed by atoms with Gasteiger partial charge in [-0.3, -0.25) is 4.90 Å². The van der Waals surface area contributed by atoms with Gasteiger partial charge in [0.1, 0.15) is 10.7 Å². The molecule has 0 saturated heterocycles. The molecule has 2 N–H and O–H groups in total. The van der Waals surface area contributed by atoms with Crippen molar-refractivity contribution in [2.24, 2.45) is 11.1 Å². The van der Waals surface area contributed by atoms with Crippen LogP contribution in [0.4, 0.5) is 0 Å². The molecule has 1 rings (SSSR count). The first-order chi connectivity index (χ1) is 9.16. The van der Waals surface area contributed by atoms with E-state index in [0.29, 0.717) is 11.0 Å². The minimum absolute atomic E-state index is 0.243. The molecule has 0 bridgehead atoms. The number of hydrogen-bond donors (Lipinski definition) is 1. The fraction of sp³-hybridized carbons (Fsp3) is 0.562. The third kappa shape index (κ3) is 4.18. The van der Waals surface area contributed by atoms with Crippen LogP contribution in [0.5, 0.6) is 5.75 Å². The molecule has 0 aliphatic carbocycles. The first kappa shape index (κ1) is 16.9. The number of nitrogens with zero attached hydrogens (tertiary/aromatic N) is 1. The van der Waals surface area contributed by atoms with Crippen LogP contribution in [0.1, 0.15) is 38.8 Å². The highest BCUT2D eigenvalue weighted by Gasteiger charge is 2.23. The number of ether oxygens (including phenoxy) is 1. The summed E-state index contributed by atoms with van der Waals surface area (Å²) >= 11 is 5.08. The summed E-state index contributed by atoms with van der Waals surface area (Å²) in [5.74, 6) is 0.729. The van der Waals surface area contributed by atoms with Gasteiger partial charge in [0.05, 0.1) is 12.7 Å². The second-order valence-electron chi connectivity index (χ2n) is 6.36. The van der Waals surface area contributed by atoms with Crippen molar-refractivity contribution in [3.8, 4) is 5.75 Å². The monoisotopic (exact) mass is 294 g/mol. The summed E-state index contributed by atoms with van der Waals surface area (Å²) in [6.45, 7) is 9.87. The largest absolute Gasteiger partial charge is 0.496 e. The maximum Gasteiger partial charge on any atom is 0.129 e. The summed E-state index contributed by atoms with van der Waals surface area (Å²) < 4.78 is 5.29. The van der Waals surface area contributed by atoms with Gasteiger partial charge in [-0.25, -0.2) is 0 Å². The Morgan fingerprint density at radius 3 is 2.45 bits per heavy atom. The van der Waals surface area contributed by atoms with Gasteiger partial charge in [-0.1, -0.05) is 39.1 Å². The molecule has 0 aliphatic rings. The molecule has 0 aromatic heterocycles. The summed E-state index contributed by atoms with van der Waals surface area (Å²) in [6.07, 6.45) is 0. The van der Waals surface area contributed by atoms with E-state index in [0.717, 1.165) is 17.9 Å². The highest BCUT2D eigenvalue weighted by atomic mass is 32.1. The molecule has 0 aliphatic heterocycles. The van der Waals surface area contributed by atoms with Gasteiger partial charge in [0.15, 0.2) is 0 Å². The second-order valence-corrected chi connectivity index (χ2v) is 6.80. The Labute approximate surface area is 128 Å². The van der Waals surface area contributed by atoms with E-state index in [4.69, 9.17) is 22.7 Å². The Kier molecular flexibility index (Phi) is 5.54. The van der Waals surface area contributed by atoms with Crippen molar-refractivity contribution in [1.29, 1.82) is 0 Å². The fourth-order valence-corrected chi connectivity index (χ4v) is 2.29. The molecule has 3 nitrogen and oxygen atoms in total. The molecule has 112 valence electrons. The van der Waals surface area contributed by atoms with E-state index in [-0.39, 0.29) is 5.41 Å². The van der Waals surface area contributed by atoms with E-state index >= 15 is 0 Å². The summed E-state index contributed by atoms with van der Waals surface area (Å²) in [4.78, 5) is 2.71. The van der Waals surface area contributed by atoms with Crippen molar-refractivity contribution < 1.29 is 4.74 Å². The third-order valence-corrected chi connectivity index (χ3v) is 4.10. The number of hydrogen-bond acceptors (Lipinski definition) is 3. The highest BCUT2D eigenvalue weighted by Crippen LogP contribution is 2.25. The highest BCUT2D eigenvalue weighted by molar-refractivity contribution is 7.80. The molecule has 1 atom stereocenters. The lowest BCUT2D eigenvalue weighted by Gasteiger charge is -2.35. The van der Waals surface area contributed by atoms with Crippen LogP contribution < -0.4 is 10.5 Å². The molecule has 0 fully saturated rings. The van der Waals surface area contributed by atoms with Crippen LogP contribution in [-0.2, 0) is 6.54 Å². The molecule has 1 aromatic rings. The topological polar surface area (TPSA) is 38.5 Å². The van der Waals surface area contributed by atoms with E-state index < -0.39 is 0 Å². The fourth-order valence-electron chi connectivity index (χ4n) is 2.13. The molecule has 0 radical (unpaired) electrons. The van der Waals surface area contributed by atoms with Crippen molar-refractivity contribution in [3.63, 3.8) is 0 Å². The zero-order chi connectivity index (χ0) is 15.5. The van der Waals surface area contributed by atoms with Gasteiger partial charge in [-0.2, -0.15) is 0 Å². The molecular formula is C16H26N2OS. The minimum Gasteiger partial charge on any atom is -0.496 e. The number of methoxy groups -OCH3 is 1. The maximum atomic E-state index is 5.76. The maximum absolute atomic E-state index is 5.76. The van der Waals surface area contributed by atoms with Crippen molar-refractivity contribution in [2.75, 3.05) is 14.2 Å². The molecule has 20 heavy (non-hydrogen) atoms. The third-order valence-electron chi connectivity index (χ3n) is 3.88. The summed E-state index contributed by atoms with van der Waals surface area (Å²) in [5, 5.41) is 0. The van der Waals surface area contributed by atoms with Crippen molar-refractivity contribution in [1.82, 2.24) is 4.90 Å². The molecular weight excluding hydrogens is 268 g/mol. The second kappa shape index (κ2) is 6.55. The zero-order valence-electron chi connectivity index (χ0n) is 13.4. The SMILES string of the molecule is COc1ccc(CN(C)C(C)C(C)(C)C)cc1C(N)=S. The molecule has 0 spiro atoms. The van der Waals surface area contributed by atoms with Gasteiger partial charge in [0, 0.05) is 12.6 Å². The quantitative estimate of drug-likeness (QED) is 0.846. The van der Waals surface area contributed by atoms with Crippen molar-refractivity contribution in [2.45, 2.75) is 40.3 Å². The van der Waals surface area contributed by atoms with E-state index in [1.54, 1.807) is 7.11 Å². The molecule has 4 heteroatoms. The zero-order valence-corrected chi connectivity index (χ0v) is 14.2. The smallest absolute Gasteiger partial charge is 0.129 e. The van der Waals surface area contributed by atoms with E-state index in [1.807, 2.05) is 12.1 Å². The average molecular weight is 294 g/mol. The van der Waals surface area contributed by atoms with Crippen LogP contribution >= 0.6 is 12.2 Å². The minimum atomic E-state index is 0.243. The lowest BCUT2D eigenvalue weighted by atomic mass is 9.87. The normalized spacial score (nSPS) is 13.3. The van der Waals surface area contributed by atoms with Gasteiger partial charge < -0.3 is 10.5 Å². The molecule has 1 aromatic carbocycles. The lowest BCUT2D eigenvalue weighted by Crippen LogP contribution is -2.38. The van der Waals surface area contributed by atoms with Crippen molar-refractivity contribution >= 4 is 17.2 Å². The Hall–Kier alpha value is -1.13. The molecule has 0 heterocycles. The van der Waals surface area contributed by atoms with Crippen LogP contribution in [0, 0.1) is 5.41 Å². The predicted molar refractivity (Wildman–Crippen MR) is 89.3 cm³/mol. The Bertz CT molecular complexity index is 480. The van der Waals surface area contributed by atoms with E-state index in [1.165, 1.54) is 5.56 Å².